The van der Waals surface area contributed by atoms with Crippen LogP contribution in [0.5, 0.6) is 11.5 Å². The van der Waals surface area contributed by atoms with E-state index in [1.807, 2.05) is 0 Å². The average Bonchev–Trinajstić information content (AvgIpc) is 2.37. The second-order valence-electron chi connectivity index (χ2n) is 3.04. The van der Waals surface area contributed by atoms with Crippen LogP contribution in [0.25, 0.3) is 0 Å². The number of nitrogens with two attached hydrogens (primary N) is 1. The van der Waals surface area contributed by atoms with Crippen LogP contribution >= 0.6 is 0 Å². The Morgan fingerprint density at radius 1 is 1.18 bits per heavy atom. The maximum Gasteiger partial charge on any atom is 0.345 e. The fourth-order valence-electron chi connectivity index (χ4n) is 1.17. The molecule has 1 aromatic carbocycles. The SMILES string of the molecule is COc1ccc(C(=O)OC(=O)CN)cc1OC. The molecule has 0 bridgehead atoms. The molecule has 0 saturated carbocycles. The first-order valence-corrected chi connectivity index (χ1v) is 4.79. The molecule has 1 aromatic rings. The summed E-state index contributed by atoms with van der Waals surface area (Å²) in [6, 6.07) is 4.43. The highest BCUT2D eigenvalue weighted by molar-refractivity contribution is 5.97. The van der Waals surface area contributed by atoms with Crippen LogP contribution in [0.3, 0.4) is 0 Å². The molecule has 0 spiro atoms. The maximum atomic E-state index is 11.5. The molecule has 0 saturated heterocycles. The van der Waals surface area contributed by atoms with Gasteiger partial charge in [0.25, 0.3) is 0 Å². The minimum absolute atomic E-state index is 0.185. The van der Waals surface area contributed by atoms with E-state index in [4.69, 9.17) is 15.2 Å². The summed E-state index contributed by atoms with van der Waals surface area (Å²) in [6.45, 7) is -0.348. The van der Waals surface area contributed by atoms with Crippen molar-refractivity contribution >= 4 is 11.9 Å². The van der Waals surface area contributed by atoms with Crippen molar-refractivity contribution in [1.82, 2.24) is 0 Å². The molecule has 17 heavy (non-hydrogen) atoms. The van der Waals surface area contributed by atoms with Gasteiger partial charge in [0, 0.05) is 0 Å². The van der Waals surface area contributed by atoms with Crippen LogP contribution in [0, 0.1) is 0 Å². The van der Waals surface area contributed by atoms with E-state index in [0.717, 1.165) is 0 Å². The molecule has 2 N–H and O–H groups in total. The number of benzene rings is 1. The van der Waals surface area contributed by atoms with Gasteiger partial charge in [0.05, 0.1) is 26.3 Å². The molecule has 0 aliphatic rings. The van der Waals surface area contributed by atoms with E-state index in [1.54, 1.807) is 6.07 Å². The third-order valence-electron chi connectivity index (χ3n) is 1.99. The molecule has 0 heterocycles. The third-order valence-corrected chi connectivity index (χ3v) is 1.99. The Labute approximate surface area is 98.3 Å². The summed E-state index contributed by atoms with van der Waals surface area (Å²) in [5.41, 5.74) is 5.21. The summed E-state index contributed by atoms with van der Waals surface area (Å²) < 4.78 is 14.5. The molecule has 0 amide bonds. The Morgan fingerprint density at radius 3 is 2.35 bits per heavy atom. The fourth-order valence-corrected chi connectivity index (χ4v) is 1.17. The number of carbonyl (C=O) groups excluding carboxylic acids is 2. The topological polar surface area (TPSA) is 87.9 Å². The van der Waals surface area contributed by atoms with Crippen LogP contribution in [0.1, 0.15) is 10.4 Å². The van der Waals surface area contributed by atoms with Crippen LogP contribution in [0.15, 0.2) is 18.2 Å². The van der Waals surface area contributed by atoms with Crippen LogP contribution in [-0.2, 0) is 9.53 Å². The first-order valence-electron chi connectivity index (χ1n) is 4.79. The van der Waals surface area contributed by atoms with Crippen molar-refractivity contribution in [3.05, 3.63) is 23.8 Å². The first kappa shape index (κ1) is 13.0. The van der Waals surface area contributed by atoms with Gasteiger partial charge in [0.15, 0.2) is 11.5 Å². The summed E-state index contributed by atoms with van der Waals surface area (Å²) >= 11 is 0. The predicted octanol–water partition coefficient (Wildman–Crippen LogP) is 0.346. The molecule has 0 fully saturated rings. The highest BCUT2D eigenvalue weighted by Gasteiger charge is 2.14. The third kappa shape index (κ3) is 3.18. The van der Waals surface area contributed by atoms with Crippen LogP contribution in [0.4, 0.5) is 0 Å². The van der Waals surface area contributed by atoms with Gasteiger partial charge in [-0.1, -0.05) is 0 Å². The monoisotopic (exact) mass is 239 g/mol. The van der Waals surface area contributed by atoms with Gasteiger partial charge in [-0.3, -0.25) is 4.79 Å². The van der Waals surface area contributed by atoms with Crippen LogP contribution in [-0.4, -0.2) is 32.7 Å². The van der Waals surface area contributed by atoms with Gasteiger partial charge < -0.3 is 19.9 Å². The van der Waals surface area contributed by atoms with Crippen molar-refractivity contribution in [3.8, 4) is 11.5 Å². The van der Waals surface area contributed by atoms with E-state index < -0.39 is 11.9 Å². The maximum absolute atomic E-state index is 11.5. The van der Waals surface area contributed by atoms with Crippen molar-refractivity contribution in [1.29, 1.82) is 0 Å². The van der Waals surface area contributed by atoms with Gasteiger partial charge in [-0.25, -0.2) is 4.79 Å². The molecular weight excluding hydrogens is 226 g/mol. The lowest BCUT2D eigenvalue weighted by Gasteiger charge is -2.08. The van der Waals surface area contributed by atoms with Crippen LogP contribution < -0.4 is 15.2 Å². The molecule has 6 nitrogen and oxygen atoms in total. The van der Waals surface area contributed by atoms with E-state index in [2.05, 4.69) is 4.74 Å². The Kier molecular flexibility index (Phi) is 4.47. The van der Waals surface area contributed by atoms with Crippen molar-refractivity contribution in [3.63, 3.8) is 0 Å². The average molecular weight is 239 g/mol. The highest BCUT2D eigenvalue weighted by atomic mass is 16.6. The molecule has 0 unspecified atom stereocenters. The Hall–Kier alpha value is -2.08. The summed E-state index contributed by atoms with van der Waals surface area (Å²) in [4.78, 5) is 22.3. The lowest BCUT2D eigenvalue weighted by molar-refractivity contribution is -0.136. The number of hydrogen-bond acceptors (Lipinski definition) is 6. The number of ether oxygens (including phenoxy) is 3. The van der Waals surface area contributed by atoms with E-state index in [0.29, 0.717) is 11.5 Å². The minimum Gasteiger partial charge on any atom is -0.493 e. The Bertz CT molecular complexity index is 430. The molecular formula is C11H13NO5. The van der Waals surface area contributed by atoms with Crippen molar-refractivity contribution in [2.75, 3.05) is 20.8 Å². The number of carbonyl (C=O) groups is 2. The molecule has 0 radical (unpaired) electrons. The van der Waals surface area contributed by atoms with E-state index in [9.17, 15) is 9.59 Å². The van der Waals surface area contributed by atoms with Gasteiger partial charge in [-0.05, 0) is 18.2 Å². The Morgan fingerprint density at radius 2 is 1.82 bits per heavy atom. The van der Waals surface area contributed by atoms with Gasteiger partial charge >= 0.3 is 11.9 Å². The lowest BCUT2D eigenvalue weighted by Crippen LogP contribution is -2.20. The second-order valence-corrected chi connectivity index (χ2v) is 3.04. The smallest absolute Gasteiger partial charge is 0.345 e. The van der Waals surface area contributed by atoms with Gasteiger partial charge in [-0.15, -0.1) is 0 Å². The molecule has 0 atom stereocenters. The van der Waals surface area contributed by atoms with Crippen molar-refractivity contribution in [2.45, 2.75) is 0 Å². The first-order chi connectivity index (χ1) is 8.12. The minimum atomic E-state index is -0.787. The number of methoxy groups -OCH3 is 2. The van der Waals surface area contributed by atoms with Gasteiger partial charge in [-0.2, -0.15) is 0 Å². The van der Waals surface area contributed by atoms with E-state index in [-0.39, 0.29) is 12.1 Å². The summed E-state index contributed by atoms with van der Waals surface area (Å²) in [5.74, 6) is -0.706. The summed E-state index contributed by atoms with van der Waals surface area (Å²) in [5, 5.41) is 0. The molecule has 0 aliphatic heterocycles. The van der Waals surface area contributed by atoms with Gasteiger partial charge in [0.1, 0.15) is 0 Å². The number of esters is 2. The standard InChI is InChI=1S/C11H13NO5/c1-15-8-4-3-7(5-9(8)16-2)11(14)17-10(13)6-12/h3-5H,6,12H2,1-2H3. The zero-order valence-electron chi connectivity index (χ0n) is 9.56. The van der Waals surface area contributed by atoms with E-state index in [1.165, 1.54) is 26.4 Å². The normalized spacial score (nSPS) is 9.59. The Balaban J connectivity index is 2.92. The van der Waals surface area contributed by atoms with E-state index >= 15 is 0 Å². The second kappa shape index (κ2) is 5.86. The van der Waals surface area contributed by atoms with Gasteiger partial charge in [0.2, 0.25) is 0 Å². The molecule has 1 rings (SSSR count). The number of rotatable bonds is 4. The molecule has 92 valence electrons. The number of hydrogen-bond donors (Lipinski definition) is 1. The largest absolute Gasteiger partial charge is 0.493 e. The molecule has 6 heteroatoms. The fraction of sp³-hybridized carbons (Fsp3) is 0.273. The lowest BCUT2D eigenvalue weighted by atomic mass is 10.2. The summed E-state index contributed by atoms with van der Waals surface area (Å²) in [6.07, 6.45) is 0. The van der Waals surface area contributed by atoms with Crippen molar-refractivity contribution < 1.29 is 23.8 Å². The molecule has 0 aromatic heterocycles. The quantitative estimate of drug-likeness (QED) is 0.602. The zero-order valence-corrected chi connectivity index (χ0v) is 9.56. The highest BCUT2D eigenvalue weighted by Crippen LogP contribution is 2.27. The van der Waals surface area contributed by atoms with Crippen molar-refractivity contribution in [2.24, 2.45) is 5.73 Å². The van der Waals surface area contributed by atoms with Crippen LogP contribution in [0.2, 0.25) is 0 Å². The molecule has 0 aliphatic carbocycles. The summed E-state index contributed by atoms with van der Waals surface area (Å²) in [7, 11) is 2.92. The predicted molar refractivity (Wildman–Crippen MR) is 59.0 cm³/mol. The zero-order chi connectivity index (χ0) is 12.8.